The number of nitrogens with one attached hydrogen (secondary N) is 1. The van der Waals surface area contributed by atoms with Crippen molar-refractivity contribution in [1.82, 2.24) is 10.4 Å². The molecular formula is C27H21ClN2O6S2. The number of hydrogen-bond donors (Lipinski definition) is 2. The van der Waals surface area contributed by atoms with E-state index in [4.69, 9.17) is 38.4 Å². The summed E-state index contributed by atoms with van der Waals surface area (Å²) in [5, 5.41) is 10.6. The van der Waals surface area contributed by atoms with Gasteiger partial charge in [-0.2, -0.15) is 5.01 Å². The van der Waals surface area contributed by atoms with E-state index in [1.807, 2.05) is 18.2 Å². The SMILES string of the molecule is CC(Oc1ccc(/C=C2/SC(=S)N(NC(=O)c3ccc(OCc4ccccc4Cl)cc3)C2=O)cc1)C(=O)O. The second-order valence-corrected chi connectivity index (χ2v) is 10.1. The van der Waals surface area contributed by atoms with Crippen molar-refractivity contribution in [3.05, 3.63) is 99.4 Å². The minimum absolute atomic E-state index is 0.185. The Balaban J connectivity index is 1.35. The van der Waals surface area contributed by atoms with Crippen molar-refractivity contribution in [3.8, 4) is 11.5 Å². The van der Waals surface area contributed by atoms with Gasteiger partial charge in [0.2, 0.25) is 0 Å². The van der Waals surface area contributed by atoms with E-state index in [-0.39, 0.29) is 10.9 Å². The van der Waals surface area contributed by atoms with E-state index in [9.17, 15) is 14.4 Å². The number of thiocarbonyl (C=S) groups is 1. The third kappa shape index (κ3) is 6.71. The first kappa shape index (κ1) is 27.2. The highest BCUT2D eigenvalue weighted by molar-refractivity contribution is 8.26. The molecule has 1 aliphatic heterocycles. The number of rotatable bonds is 9. The molecule has 11 heteroatoms. The molecule has 1 unspecified atom stereocenters. The van der Waals surface area contributed by atoms with Crippen LogP contribution in [-0.4, -0.2) is 38.3 Å². The lowest BCUT2D eigenvalue weighted by Gasteiger charge is -2.16. The van der Waals surface area contributed by atoms with E-state index < -0.39 is 23.9 Å². The largest absolute Gasteiger partial charge is 0.489 e. The first-order valence-corrected chi connectivity index (χ1v) is 12.9. The molecule has 4 rings (SSSR count). The van der Waals surface area contributed by atoms with Gasteiger partial charge in [0.15, 0.2) is 10.4 Å². The molecule has 1 fully saturated rings. The van der Waals surface area contributed by atoms with Gasteiger partial charge in [0.1, 0.15) is 18.1 Å². The van der Waals surface area contributed by atoms with Crippen LogP contribution < -0.4 is 14.9 Å². The van der Waals surface area contributed by atoms with Gasteiger partial charge in [-0.1, -0.05) is 53.7 Å². The number of benzene rings is 3. The fraction of sp³-hybridized carbons (Fsp3) is 0.111. The Hall–Kier alpha value is -3.86. The summed E-state index contributed by atoms with van der Waals surface area (Å²) in [6, 6.07) is 20.4. The average molecular weight is 569 g/mol. The molecule has 2 N–H and O–H groups in total. The fourth-order valence-corrected chi connectivity index (χ4v) is 4.63. The number of hydrazine groups is 1. The van der Waals surface area contributed by atoms with Crippen molar-refractivity contribution in [3.63, 3.8) is 0 Å². The Labute approximate surface area is 233 Å². The minimum atomic E-state index is -1.07. The van der Waals surface area contributed by atoms with Crippen LogP contribution in [0.1, 0.15) is 28.4 Å². The molecule has 38 heavy (non-hydrogen) atoms. The van der Waals surface area contributed by atoms with Crippen LogP contribution >= 0.6 is 35.6 Å². The quantitative estimate of drug-likeness (QED) is 0.264. The number of hydrogen-bond acceptors (Lipinski definition) is 7. The van der Waals surface area contributed by atoms with E-state index in [2.05, 4.69) is 5.43 Å². The van der Waals surface area contributed by atoms with Gasteiger partial charge in [0, 0.05) is 16.1 Å². The summed E-state index contributed by atoms with van der Waals surface area (Å²) >= 11 is 12.5. The molecule has 8 nitrogen and oxygen atoms in total. The van der Waals surface area contributed by atoms with Crippen LogP contribution in [0.4, 0.5) is 0 Å². The van der Waals surface area contributed by atoms with Crippen molar-refractivity contribution >= 4 is 63.8 Å². The maximum absolute atomic E-state index is 12.9. The molecular weight excluding hydrogens is 548 g/mol. The molecule has 1 aliphatic rings. The van der Waals surface area contributed by atoms with Crippen molar-refractivity contribution < 1.29 is 29.0 Å². The van der Waals surface area contributed by atoms with Gasteiger partial charge in [-0.25, -0.2) is 4.79 Å². The van der Waals surface area contributed by atoms with Crippen LogP contribution in [0.3, 0.4) is 0 Å². The number of carboxylic acids is 1. The zero-order valence-corrected chi connectivity index (χ0v) is 22.3. The molecule has 0 radical (unpaired) electrons. The highest BCUT2D eigenvalue weighted by Crippen LogP contribution is 2.32. The first-order chi connectivity index (χ1) is 18.2. The lowest BCUT2D eigenvalue weighted by atomic mass is 10.2. The van der Waals surface area contributed by atoms with Crippen molar-refractivity contribution in [2.75, 3.05) is 0 Å². The van der Waals surface area contributed by atoms with Gasteiger partial charge in [0.05, 0.1) is 4.91 Å². The summed E-state index contributed by atoms with van der Waals surface area (Å²) in [6.07, 6.45) is 0.638. The molecule has 3 aromatic carbocycles. The molecule has 0 aromatic heterocycles. The number of halogens is 1. The topological polar surface area (TPSA) is 105 Å². The molecule has 194 valence electrons. The average Bonchev–Trinajstić information content (AvgIpc) is 3.16. The molecule has 0 spiro atoms. The maximum atomic E-state index is 12.9. The van der Waals surface area contributed by atoms with Gasteiger partial charge in [-0.3, -0.25) is 15.0 Å². The van der Waals surface area contributed by atoms with E-state index in [1.165, 1.54) is 6.92 Å². The van der Waals surface area contributed by atoms with Crippen molar-refractivity contribution in [2.24, 2.45) is 0 Å². The van der Waals surface area contributed by atoms with Crippen molar-refractivity contribution in [1.29, 1.82) is 0 Å². The number of carboxylic acid groups (broad SMARTS) is 1. The predicted molar refractivity (Wildman–Crippen MR) is 149 cm³/mol. The molecule has 0 bridgehead atoms. The number of carbonyl (C=O) groups excluding carboxylic acids is 2. The van der Waals surface area contributed by atoms with Gasteiger partial charge in [-0.15, -0.1) is 0 Å². The van der Waals surface area contributed by atoms with E-state index in [1.54, 1.807) is 60.7 Å². The summed E-state index contributed by atoms with van der Waals surface area (Å²) in [4.78, 5) is 36.9. The number of thioether (sulfide) groups is 1. The smallest absolute Gasteiger partial charge is 0.344 e. The van der Waals surface area contributed by atoms with Crippen molar-refractivity contribution in [2.45, 2.75) is 19.6 Å². The van der Waals surface area contributed by atoms with Crippen LogP contribution in [0.5, 0.6) is 11.5 Å². The number of aliphatic carboxylic acids is 1. The zero-order chi connectivity index (χ0) is 27.2. The number of carbonyl (C=O) groups is 3. The Morgan fingerprint density at radius 2 is 1.74 bits per heavy atom. The highest BCUT2D eigenvalue weighted by Gasteiger charge is 2.33. The Morgan fingerprint density at radius 3 is 2.39 bits per heavy atom. The third-order valence-corrected chi connectivity index (χ3v) is 6.99. The molecule has 3 aromatic rings. The van der Waals surface area contributed by atoms with Gasteiger partial charge >= 0.3 is 5.97 Å². The molecule has 0 saturated carbocycles. The lowest BCUT2D eigenvalue weighted by Crippen LogP contribution is -2.44. The molecule has 1 heterocycles. The second-order valence-electron chi connectivity index (χ2n) is 8.03. The number of amides is 2. The molecule has 2 amide bonds. The van der Waals surface area contributed by atoms with E-state index >= 15 is 0 Å². The van der Waals surface area contributed by atoms with Crippen LogP contribution in [0.25, 0.3) is 6.08 Å². The van der Waals surface area contributed by atoms with E-state index in [0.29, 0.717) is 32.6 Å². The standard InChI is InChI=1S/C27H21ClN2O6S2/c1-16(26(33)34)36-21-10-6-17(7-11-21)14-23-25(32)30(27(37)38-23)29-24(31)18-8-12-20(13-9-18)35-15-19-4-2-3-5-22(19)28/h2-14,16H,15H2,1H3,(H,29,31)(H,33,34)/b23-14+. The monoisotopic (exact) mass is 568 g/mol. The lowest BCUT2D eigenvalue weighted by molar-refractivity contribution is -0.144. The second kappa shape index (κ2) is 12.1. The van der Waals surface area contributed by atoms with Crippen LogP contribution in [0.15, 0.2) is 77.7 Å². The third-order valence-electron chi connectivity index (χ3n) is 5.31. The zero-order valence-electron chi connectivity index (χ0n) is 19.9. The summed E-state index contributed by atoms with van der Waals surface area (Å²) in [5.74, 6) is -1.10. The van der Waals surface area contributed by atoms with Crippen LogP contribution in [-0.2, 0) is 16.2 Å². The Bertz CT molecular complexity index is 1410. The van der Waals surface area contributed by atoms with Gasteiger partial charge < -0.3 is 14.6 Å². The maximum Gasteiger partial charge on any atom is 0.344 e. The Morgan fingerprint density at radius 1 is 1.08 bits per heavy atom. The Kier molecular flexibility index (Phi) is 8.67. The number of nitrogens with zero attached hydrogens (tertiary/aromatic N) is 1. The molecule has 1 saturated heterocycles. The van der Waals surface area contributed by atoms with E-state index in [0.717, 1.165) is 22.3 Å². The van der Waals surface area contributed by atoms with Crippen LogP contribution in [0, 0.1) is 0 Å². The molecule has 0 aliphatic carbocycles. The number of ether oxygens (including phenoxy) is 2. The minimum Gasteiger partial charge on any atom is -0.489 e. The highest BCUT2D eigenvalue weighted by atomic mass is 35.5. The fourth-order valence-electron chi connectivity index (χ4n) is 3.26. The first-order valence-electron chi connectivity index (χ1n) is 11.3. The van der Waals surface area contributed by atoms with Gasteiger partial charge in [-0.05, 0) is 73.2 Å². The summed E-state index contributed by atoms with van der Waals surface area (Å²) in [7, 11) is 0. The van der Waals surface area contributed by atoms with Gasteiger partial charge in [0.25, 0.3) is 11.8 Å². The summed E-state index contributed by atoms with van der Waals surface area (Å²) in [5.41, 5.74) is 4.39. The summed E-state index contributed by atoms with van der Waals surface area (Å²) < 4.78 is 11.2. The molecule has 1 atom stereocenters. The predicted octanol–water partition coefficient (Wildman–Crippen LogP) is 5.32. The summed E-state index contributed by atoms with van der Waals surface area (Å²) in [6.45, 7) is 1.71. The normalized spacial score (nSPS) is 14.9. The van der Waals surface area contributed by atoms with Crippen LogP contribution in [0.2, 0.25) is 5.02 Å².